The molecule has 0 fully saturated rings. The summed E-state index contributed by atoms with van der Waals surface area (Å²) in [7, 11) is -0.0220. The first-order valence-corrected chi connectivity index (χ1v) is 12.8. The van der Waals surface area contributed by atoms with Gasteiger partial charge in [0, 0.05) is 6.20 Å². The van der Waals surface area contributed by atoms with E-state index >= 15 is 0 Å². The molecule has 1 nitrogen and oxygen atoms in total. The maximum Gasteiger partial charge on any atom is 0.0630 e. The SMILES string of the molecule is CCCCCCCCCP(CCCCCCCCC)c1ccccn1. The fraction of sp³-hybridized carbons (Fsp3) is 0.783. The van der Waals surface area contributed by atoms with Crippen LogP contribution in [-0.2, 0) is 0 Å². The highest BCUT2D eigenvalue weighted by Crippen LogP contribution is 2.36. The molecule has 0 aliphatic carbocycles. The normalized spacial score (nSPS) is 11.3. The van der Waals surface area contributed by atoms with Crippen molar-refractivity contribution in [3.05, 3.63) is 24.4 Å². The van der Waals surface area contributed by atoms with Gasteiger partial charge in [-0.05, 0) is 37.3 Å². The van der Waals surface area contributed by atoms with Gasteiger partial charge >= 0.3 is 0 Å². The molecule has 0 saturated heterocycles. The average molecular weight is 364 g/mol. The van der Waals surface area contributed by atoms with Crippen LogP contribution in [0.15, 0.2) is 24.4 Å². The number of aromatic nitrogens is 1. The lowest BCUT2D eigenvalue weighted by molar-refractivity contribution is 0.600. The van der Waals surface area contributed by atoms with E-state index in [0.29, 0.717) is 0 Å². The molecule has 2 heteroatoms. The Morgan fingerprint density at radius 1 is 0.640 bits per heavy atom. The Hall–Kier alpha value is -0.420. The Morgan fingerprint density at radius 2 is 1.12 bits per heavy atom. The Morgan fingerprint density at radius 3 is 1.56 bits per heavy atom. The van der Waals surface area contributed by atoms with Crippen molar-refractivity contribution < 1.29 is 0 Å². The summed E-state index contributed by atoms with van der Waals surface area (Å²) < 4.78 is 0. The zero-order valence-electron chi connectivity index (χ0n) is 17.0. The molecular formula is C23H42NP. The monoisotopic (exact) mass is 363 g/mol. The average Bonchev–Trinajstić information content (AvgIpc) is 2.65. The molecule has 0 radical (unpaired) electrons. The molecule has 0 atom stereocenters. The first-order chi connectivity index (χ1) is 12.4. The minimum Gasteiger partial charge on any atom is -0.257 e. The summed E-state index contributed by atoms with van der Waals surface area (Å²) in [6.45, 7) is 4.59. The molecule has 0 saturated carbocycles. The van der Waals surface area contributed by atoms with Gasteiger partial charge < -0.3 is 0 Å². The van der Waals surface area contributed by atoms with Gasteiger partial charge in [-0.15, -0.1) is 0 Å². The molecule has 0 amide bonds. The van der Waals surface area contributed by atoms with Crippen LogP contribution in [0.4, 0.5) is 0 Å². The minimum atomic E-state index is -0.0220. The molecule has 0 spiro atoms. The molecule has 0 unspecified atom stereocenters. The molecule has 25 heavy (non-hydrogen) atoms. The van der Waals surface area contributed by atoms with Crippen LogP contribution in [0.3, 0.4) is 0 Å². The fourth-order valence-corrected chi connectivity index (χ4v) is 5.82. The molecule has 0 aliphatic rings. The molecular weight excluding hydrogens is 321 g/mol. The number of unbranched alkanes of at least 4 members (excludes halogenated alkanes) is 12. The quantitative estimate of drug-likeness (QED) is 0.204. The van der Waals surface area contributed by atoms with E-state index in [1.54, 1.807) is 0 Å². The zero-order valence-corrected chi connectivity index (χ0v) is 17.9. The number of pyridine rings is 1. The number of rotatable bonds is 17. The second-order valence-corrected chi connectivity index (χ2v) is 9.85. The Balaban J connectivity index is 2.21. The third-order valence-corrected chi connectivity index (χ3v) is 7.66. The molecule has 1 aromatic heterocycles. The largest absolute Gasteiger partial charge is 0.257 e. The second kappa shape index (κ2) is 17.0. The van der Waals surface area contributed by atoms with Crippen LogP contribution in [-0.4, -0.2) is 17.3 Å². The van der Waals surface area contributed by atoms with Crippen molar-refractivity contribution in [3.63, 3.8) is 0 Å². The van der Waals surface area contributed by atoms with Crippen molar-refractivity contribution in [1.29, 1.82) is 0 Å². The highest BCUT2D eigenvalue weighted by Gasteiger charge is 2.11. The van der Waals surface area contributed by atoms with Crippen LogP contribution in [0.1, 0.15) is 104 Å². The summed E-state index contributed by atoms with van der Waals surface area (Å²) in [5.74, 6) is 0. The van der Waals surface area contributed by atoms with E-state index in [4.69, 9.17) is 0 Å². The number of nitrogens with zero attached hydrogens (tertiary/aromatic N) is 1. The fourth-order valence-electron chi connectivity index (χ4n) is 3.40. The highest BCUT2D eigenvalue weighted by atomic mass is 31.1. The third-order valence-electron chi connectivity index (χ3n) is 5.04. The molecule has 1 heterocycles. The minimum absolute atomic E-state index is 0.0220. The van der Waals surface area contributed by atoms with Crippen molar-refractivity contribution in [2.24, 2.45) is 0 Å². The van der Waals surface area contributed by atoms with Crippen molar-refractivity contribution in [3.8, 4) is 0 Å². The smallest absolute Gasteiger partial charge is 0.0630 e. The molecule has 0 aliphatic heterocycles. The van der Waals surface area contributed by atoms with E-state index in [9.17, 15) is 0 Å². The summed E-state index contributed by atoms with van der Waals surface area (Å²) in [6.07, 6.45) is 24.6. The summed E-state index contributed by atoms with van der Waals surface area (Å²) in [5, 5.41) is 0. The first kappa shape index (κ1) is 22.6. The third kappa shape index (κ3) is 12.6. The lowest BCUT2D eigenvalue weighted by Crippen LogP contribution is -2.10. The number of hydrogen-bond acceptors (Lipinski definition) is 1. The van der Waals surface area contributed by atoms with Gasteiger partial charge in [0.25, 0.3) is 0 Å². The van der Waals surface area contributed by atoms with Gasteiger partial charge in [-0.3, -0.25) is 4.98 Å². The van der Waals surface area contributed by atoms with Crippen molar-refractivity contribution in [2.45, 2.75) is 104 Å². The molecule has 144 valence electrons. The predicted octanol–water partition coefficient (Wildman–Crippen LogP) is 7.69. The Bertz CT molecular complexity index is 361. The summed E-state index contributed by atoms with van der Waals surface area (Å²) in [6, 6.07) is 6.50. The van der Waals surface area contributed by atoms with Crippen molar-refractivity contribution >= 4 is 13.4 Å². The first-order valence-electron chi connectivity index (χ1n) is 11.0. The maximum absolute atomic E-state index is 4.69. The van der Waals surface area contributed by atoms with Gasteiger partial charge in [0.1, 0.15) is 0 Å². The van der Waals surface area contributed by atoms with Crippen molar-refractivity contribution in [1.82, 2.24) is 4.98 Å². The van der Waals surface area contributed by atoms with E-state index in [1.807, 2.05) is 6.20 Å². The molecule has 0 aromatic carbocycles. The van der Waals surface area contributed by atoms with Crippen LogP contribution in [0.5, 0.6) is 0 Å². The van der Waals surface area contributed by atoms with Crippen LogP contribution < -0.4 is 5.44 Å². The summed E-state index contributed by atoms with van der Waals surface area (Å²) in [4.78, 5) is 4.69. The number of hydrogen-bond donors (Lipinski definition) is 0. The summed E-state index contributed by atoms with van der Waals surface area (Å²) in [5.41, 5.74) is 1.40. The molecule has 1 rings (SSSR count). The van der Waals surface area contributed by atoms with Gasteiger partial charge in [0.2, 0.25) is 0 Å². The Kier molecular flexibility index (Phi) is 15.4. The van der Waals surface area contributed by atoms with Crippen LogP contribution in [0.2, 0.25) is 0 Å². The predicted molar refractivity (Wildman–Crippen MR) is 117 cm³/mol. The maximum atomic E-state index is 4.69. The van der Waals surface area contributed by atoms with Crippen LogP contribution in [0, 0.1) is 0 Å². The van der Waals surface area contributed by atoms with Gasteiger partial charge in [-0.1, -0.05) is 105 Å². The lowest BCUT2D eigenvalue weighted by atomic mass is 10.1. The molecule has 1 aromatic rings. The van der Waals surface area contributed by atoms with Crippen molar-refractivity contribution in [2.75, 3.05) is 12.3 Å². The van der Waals surface area contributed by atoms with Gasteiger partial charge in [0.05, 0.1) is 5.44 Å². The molecule has 0 N–H and O–H groups in total. The second-order valence-electron chi connectivity index (χ2n) is 7.42. The Labute approximate surface area is 159 Å². The van der Waals surface area contributed by atoms with Crippen LogP contribution >= 0.6 is 7.92 Å². The van der Waals surface area contributed by atoms with Gasteiger partial charge in [0.15, 0.2) is 0 Å². The van der Waals surface area contributed by atoms with E-state index < -0.39 is 0 Å². The lowest BCUT2D eigenvalue weighted by Gasteiger charge is -2.17. The van der Waals surface area contributed by atoms with Gasteiger partial charge in [-0.25, -0.2) is 0 Å². The highest BCUT2D eigenvalue weighted by molar-refractivity contribution is 7.65. The van der Waals surface area contributed by atoms with E-state index in [1.165, 1.54) is 108 Å². The van der Waals surface area contributed by atoms with E-state index in [-0.39, 0.29) is 7.92 Å². The zero-order chi connectivity index (χ0) is 18.0. The van der Waals surface area contributed by atoms with Crippen LogP contribution in [0.25, 0.3) is 0 Å². The molecule has 0 bridgehead atoms. The standard InChI is InChI=1S/C23H42NP/c1-3-5-7-9-11-13-17-21-25(23-19-15-16-20-24-23)22-18-14-12-10-8-6-4-2/h15-16,19-20H,3-14,17-18,21-22H2,1-2H3. The van der Waals surface area contributed by atoms with Gasteiger partial charge in [-0.2, -0.15) is 0 Å². The van der Waals surface area contributed by atoms with E-state index in [0.717, 1.165) is 0 Å². The topological polar surface area (TPSA) is 12.9 Å². The summed E-state index contributed by atoms with van der Waals surface area (Å²) >= 11 is 0. The van der Waals surface area contributed by atoms with E-state index in [2.05, 4.69) is 37.0 Å².